The maximum Gasteiger partial charge on any atom is 0.421 e. The number of hydrogen-bond donors (Lipinski definition) is 1. The molecular formula is C25H32F3N3O4S. The molecular weight excluding hydrogens is 495 g/mol. The predicted octanol–water partition coefficient (Wildman–Crippen LogP) is 3.06. The summed E-state index contributed by atoms with van der Waals surface area (Å²) in [6.45, 7) is 6.11. The molecule has 2 aromatic carbocycles. The lowest BCUT2D eigenvalue weighted by atomic mass is 9.95. The van der Waals surface area contributed by atoms with E-state index in [2.05, 4.69) is 11.8 Å². The van der Waals surface area contributed by atoms with Crippen LogP contribution in [0.2, 0.25) is 0 Å². The molecule has 2 fully saturated rings. The standard InChI is InChI=1S/C25H32F3N3O4S/c1-19-18-35-15-14-29(19)16-22-17-30(36(33,34)23-6-4-3-5-7-23)12-13-31(22)21-10-8-20(9-11-21)24(2,32)25(26,27)28/h3-11,19,22,32H,12-18H2,1-2H3/t19-,22+,24+/m0/s1. The smallest absolute Gasteiger partial charge is 0.379 e. The first-order valence-corrected chi connectivity index (χ1v) is 13.4. The second-order valence-corrected chi connectivity index (χ2v) is 11.5. The lowest BCUT2D eigenvalue weighted by molar-refractivity contribution is -0.258. The Morgan fingerprint density at radius 2 is 1.69 bits per heavy atom. The lowest BCUT2D eigenvalue weighted by Crippen LogP contribution is -2.60. The van der Waals surface area contributed by atoms with Gasteiger partial charge in [-0.15, -0.1) is 0 Å². The Bertz CT molecular complexity index is 1130. The Morgan fingerprint density at radius 3 is 2.31 bits per heavy atom. The number of hydrogen-bond acceptors (Lipinski definition) is 6. The zero-order valence-electron chi connectivity index (χ0n) is 20.4. The van der Waals surface area contributed by atoms with Crippen molar-refractivity contribution in [3.8, 4) is 0 Å². The minimum Gasteiger partial charge on any atom is -0.379 e. The van der Waals surface area contributed by atoms with Crippen LogP contribution >= 0.6 is 0 Å². The van der Waals surface area contributed by atoms with E-state index in [9.17, 15) is 26.7 Å². The highest BCUT2D eigenvalue weighted by Crippen LogP contribution is 2.39. The van der Waals surface area contributed by atoms with Crippen molar-refractivity contribution < 1.29 is 31.4 Å². The fourth-order valence-corrected chi connectivity index (χ4v) is 6.22. The van der Waals surface area contributed by atoms with E-state index in [-0.39, 0.29) is 35.6 Å². The quantitative estimate of drug-likeness (QED) is 0.623. The fourth-order valence-electron chi connectivity index (χ4n) is 4.73. The number of ether oxygens (including phenoxy) is 1. The summed E-state index contributed by atoms with van der Waals surface area (Å²) < 4.78 is 73.5. The molecule has 0 radical (unpaired) electrons. The number of aliphatic hydroxyl groups is 1. The Kier molecular flexibility index (Phi) is 7.68. The van der Waals surface area contributed by atoms with Crippen LogP contribution in [0.1, 0.15) is 19.4 Å². The molecule has 7 nitrogen and oxygen atoms in total. The van der Waals surface area contributed by atoms with Crippen molar-refractivity contribution in [2.24, 2.45) is 0 Å². The molecule has 0 spiro atoms. The van der Waals surface area contributed by atoms with Crippen LogP contribution in [0, 0.1) is 0 Å². The number of benzene rings is 2. The van der Waals surface area contributed by atoms with E-state index in [1.165, 1.54) is 16.4 Å². The fraction of sp³-hybridized carbons (Fsp3) is 0.520. The third-order valence-corrected chi connectivity index (χ3v) is 8.97. The van der Waals surface area contributed by atoms with Crippen molar-refractivity contribution >= 4 is 15.7 Å². The van der Waals surface area contributed by atoms with E-state index in [0.717, 1.165) is 6.92 Å². The van der Waals surface area contributed by atoms with E-state index in [4.69, 9.17) is 4.74 Å². The molecule has 0 aromatic heterocycles. The average molecular weight is 528 g/mol. The molecule has 1 N–H and O–H groups in total. The van der Waals surface area contributed by atoms with Crippen LogP contribution < -0.4 is 4.90 Å². The van der Waals surface area contributed by atoms with Crippen LogP contribution in [-0.4, -0.2) is 86.9 Å². The highest BCUT2D eigenvalue weighted by atomic mass is 32.2. The van der Waals surface area contributed by atoms with Crippen molar-refractivity contribution in [1.82, 2.24) is 9.21 Å². The second kappa shape index (κ2) is 10.3. The van der Waals surface area contributed by atoms with Gasteiger partial charge >= 0.3 is 6.18 Å². The summed E-state index contributed by atoms with van der Waals surface area (Å²) in [5.41, 5.74) is -2.53. The number of morpholine rings is 1. The van der Waals surface area contributed by atoms with E-state index >= 15 is 0 Å². The number of sulfonamides is 1. The number of alkyl halides is 3. The predicted molar refractivity (Wildman–Crippen MR) is 130 cm³/mol. The van der Waals surface area contributed by atoms with Gasteiger partial charge in [0.1, 0.15) is 0 Å². The summed E-state index contributed by atoms with van der Waals surface area (Å²) in [5.74, 6) is 0. The van der Waals surface area contributed by atoms with Gasteiger partial charge in [-0.3, -0.25) is 4.90 Å². The van der Waals surface area contributed by atoms with Gasteiger partial charge in [-0.05, 0) is 43.7 Å². The number of piperazine rings is 1. The number of rotatable bonds is 6. The minimum absolute atomic E-state index is 0.158. The van der Waals surface area contributed by atoms with Crippen LogP contribution in [0.15, 0.2) is 59.5 Å². The van der Waals surface area contributed by atoms with Gasteiger partial charge in [-0.1, -0.05) is 30.3 Å². The van der Waals surface area contributed by atoms with Crippen LogP contribution in [-0.2, 0) is 20.4 Å². The van der Waals surface area contributed by atoms with Crippen molar-refractivity contribution in [3.63, 3.8) is 0 Å². The van der Waals surface area contributed by atoms with Gasteiger partial charge in [-0.2, -0.15) is 17.5 Å². The van der Waals surface area contributed by atoms with Crippen molar-refractivity contribution in [2.45, 2.75) is 42.6 Å². The summed E-state index contributed by atoms with van der Waals surface area (Å²) in [6.07, 6.45) is -4.80. The van der Waals surface area contributed by atoms with E-state index in [1.54, 1.807) is 42.5 Å². The number of nitrogens with zero attached hydrogens (tertiary/aromatic N) is 3. The van der Waals surface area contributed by atoms with Gasteiger partial charge in [0.2, 0.25) is 10.0 Å². The Balaban J connectivity index is 1.61. The third-order valence-electron chi connectivity index (χ3n) is 7.09. The Hall–Kier alpha value is -2.18. The van der Waals surface area contributed by atoms with Crippen LogP contribution in [0.3, 0.4) is 0 Å². The first-order chi connectivity index (χ1) is 16.9. The largest absolute Gasteiger partial charge is 0.421 e. The van der Waals surface area contributed by atoms with E-state index < -0.39 is 21.8 Å². The maximum absolute atomic E-state index is 13.3. The number of anilines is 1. The molecule has 3 atom stereocenters. The summed E-state index contributed by atoms with van der Waals surface area (Å²) in [6, 6.07) is 13.9. The molecule has 36 heavy (non-hydrogen) atoms. The third kappa shape index (κ3) is 5.40. The first-order valence-electron chi connectivity index (χ1n) is 11.9. The normalized spacial score (nSPS) is 24.4. The minimum atomic E-state index is -4.80. The van der Waals surface area contributed by atoms with Gasteiger partial charge in [0, 0.05) is 44.5 Å². The van der Waals surface area contributed by atoms with Crippen LogP contribution in [0.4, 0.5) is 18.9 Å². The molecule has 11 heteroatoms. The summed E-state index contributed by atoms with van der Waals surface area (Å²) >= 11 is 0. The monoisotopic (exact) mass is 527 g/mol. The average Bonchev–Trinajstić information content (AvgIpc) is 2.85. The highest BCUT2D eigenvalue weighted by molar-refractivity contribution is 7.89. The topological polar surface area (TPSA) is 73.3 Å². The first kappa shape index (κ1) is 26.9. The maximum atomic E-state index is 13.3. The molecule has 0 saturated carbocycles. The van der Waals surface area contributed by atoms with Gasteiger partial charge in [0.25, 0.3) is 0 Å². The number of halogens is 3. The summed E-state index contributed by atoms with van der Waals surface area (Å²) in [7, 11) is -3.69. The van der Waals surface area contributed by atoms with Gasteiger partial charge in [0.05, 0.1) is 24.2 Å². The molecule has 2 saturated heterocycles. The Morgan fingerprint density at radius 1 is 1.03 bits per heavy atom. The van der Waals surface area contributed by atoms with Crippen LogP contribution in [0.25, 0.3) is 0 Å². The summed E-state index contributed by atoms with van der Waals surface area (Å²) in [5, 5.41) is 10.0. The van der Waals surface area contributed by atoms with E-state index in [1.807, 2.05) is 4.90 Å². The van der Waals surface area contributed by atoms with Crippen molar-refractivity contribution in [1.29, 1.82) is 0 Å². The highest BCUT2D eigenvalue weighted by Gasteiger charge is 2.51. The SMILES string of the molecule is C[C@H]1COCCN1C[C@@H]1CN(S(=O)(=O)c2ccccc2)CCN1c1ccc([C@@](C)(O)C(F)(F)F)cc1. The molecule has 198 valence electrons. The summed E-state index contributed by atoms with van der Waals surface area (Å²) in [4.78, 5) is 4.53. The molecule has 0 unspecified atom stereocenters. The van der Waals surface area contributed by atoms with Gasteiger partial charge < -0.3 is 14.7 Å². The zero-order valence-corrected chi connectivity index (χ0v) is 21.2. The molecule has 2 aliphatic heterocycles. The molecule has 0 bridgehead atoms. The van der Waals surface area contributed by atoms with Gasteiger partial charge in [0.15, 0.2) is 5.60 Å². The molecule has 2 heterocycles. The molecule has 0 amide bonds. The molecule has 0 aliphatic carbocycles. The second-order valence-electron chi connectivity index (χ2n) is 9.56. The molecule has 2 aromatic rings. The Labute approximate surface area is 210 Å². The van der Waals surface area contributed by atoms with Gasteiger partial charge in [-0.25, -0.2) is 8.42 Å². The molecule has 4 rings (SSSR count). The lowest BCUT2D eigenvalue weighted by Gasteiger charge is -2.45. The van der Waals surface area contributed by atoms with Crippen molar-refractivity contribution in [2.75, 3.05) is 50.8 Å². The molecule has 2 aliphatic rings. The zero-order chi connectivity index (χ0) is 26.1. The van der Waals surface area contributed by atoms with Crippen molar-refractivity contribution in [3.05, 3.63) is 60.2 Å². The van der Waals surface area contributed by atoms with E-state index in [0.29, 0.717) is 38.5 Å². The van der Waals surface area contributed by atoms with Crippen LogP contribution in [0.5, 0.6) is 0 Å².